The molecule has 0 aliphatic heterocycles. The molecule has 1 saturated carbocycles. The Kier molecular flexibility index (Phi) is 7.52. The van der Waals surface area contributed by atoms with E-state index in [4.69, 9.17) is 4.74 Å². The number of non-ortho nitro benzene ring substituents is 1. The van der Waals surface area contributed by atoms with E-state index in [-0.39, 0.29) is 17.8 Å². The van der Waals surface area contributed by atoms with Crippen molar-refractivity contribution in [2.45, 2.75) is 63.3 Å². The monoisotopic (exact) mass is 583 g/mol. The molecule has 212 valence electrons. The zero-order chi connectivity index (χ0) is 29.4. The summed E-state index contributed by atoms with van der Waals surface area (Å²) in [5.41, 5.74) is -2.42. The number of carbonyl (C=O) groups excluding carboxylic acids is 1. The Morgan fingerprint density at radius 3 is 2.54 bits per heavy atom. The van der Waals surface area contributed by atoms with Gasteiger partial charge in [0.2, 0.25) is 0 Å². The van der Waals surface area contributed by atoms with Crippen LogP contribution >= 0.6 is 11.3 Å². The summed E-state index contributed by atoms with van der Waals surface area (Å²) in [5.74, 6) is -0.941. The predicted octanol–water partition coefficient (Wildman–Crippen LogP) is 7.00. The highest BCUT2D eigenvalue weighted by Gasteiger charge is 2.60. The smallest absolute Gasteiger partial charge is 0.434 e. The zero-order valence-electron chi connectivity index (χ0n) is 21.8. The highest BCUT2D eigenvalue weighted by molar-refractivity contribution is 7.19. The van der Waals surface area contributed by atoms with Crippen molar-refractivity contribution in [1.29, 1.82) is 5.26 Å². The van der Waals surface area contributed by atoms with Crippen LogP contribution in [0.15, 0.2) is 48.7 Å². The molecule has 1 aliphatic rings. The summed E-state index contributed by atoms with van der Waals surface area (Å²) in [4.78, 5) is 23.6. The number of nitro benzene ring substituents is 1. The van der Waals surface area contributed by atoms with Gasteiger partial charge in [0.1, 0.15) is 16.6 Å². The summed E-state index contributed by atoms with van der Waals surface area (Å²) in [5, 5.41) is 29.2. The van der Waals surface area contributed by atoms with Crippen LogP contribution < -0.4 is 0 Å². The number of nitrogens with zero attached hydrogens (tertiary/aromatic N) is 5. The van der Waals surface area contributed by atoms with Gasteiger partial charge in [-0.15, -0.1) is 16.4 Å². The number of hydrogen-bond acceptors (Lipinski definition) is 8. The number of rotatable bonds is 8. The molecule has 0 saturated heterocycles. The number of alkyl halides is 3. The normalized spacial score (nSPS) is 15.5. The van der Waals surface area contributed by atoms with Crippen molar-refractivity contribution in [1.82, 2.24) is 15.0 Å². The van der Waals surface area contributed by atoms with Gasteiger partial charge in [-0.05, 0) is 59.9 Å². The molecular formula is C28H24F3N5O4S. The average molecular weight is 584 g/mol. The second kappa shape index (κ2) is 10.9. The Bertz CT molecular complexity index is 1650. The standard InChI is InChI=1S/C28H24F3N5O4S/c1-2-27(28(29,30)31,40-26(37)19-8-10-20(11-9-19)36(38)39)24-16-35(34-33-24)15-17-7-12-21-22(13-17)41-23(14-32)25(21)18-5-3-4-6-18/h7-13,16,18H,2-6,15H2,1H3. The fourth-order valence-electron chi connectivity index (χ4n) is 5.36. The highest BCUT2D eigenvalue weighted by atomic mass is 32.1. The number of ether oxygens (including phenoxy) is 1. The molecule has 41 heavy (non-hydrogen) atoms. The number of aromatic nitrogens is 3. The molecular weight excluding hydrogens is 559 g/mol. The molecule has 2 aromatic carbocycles. The molecule has 1 unspecified atom stereocenters. The average Bonchev–Trinajstić information content (AvgIpc) is 3.70. The van der Waals surface area contributed by atoms with Crippen molar-refractivity contribution < 1.29 is 27.6 Å². The van der Waals surface area contributed by atoms with Crippen LogP contribution in [0.25, 0.3) is 10.1 Å². The summed E-state index contributed by atoms with van der Waals surface area (Å²) >= 11 is 1.41. The molecule has 2 aromatic heterocycles. The lowest BCUT2D eigenvalue weighted by molar-refractivity contribution is -0.384. The lowest BCUT2D eigenvalue weighted by atomic mass is 9.94. The maximum Gasteiger partial charge on any atom is 0.434 e. The Balaban J connectivity index is 1.41. The van der Waals surface area contributed by atoms with Crippen LogP contribution in [-0.2, 0) is 16.9 Å². The summed E-state index contributed by atoms with van der Waals surface area (Å²) in [6.45, 7) is 1.32. The van der Waals surface area contributed by atoms with E-state index in [1.807, 2.05) is 18.2 Å². The number of carbonyl (C=O) groups is 1. The molecule has 5 rings (SSSR count). The molecule has 0 radical (unpaired) electrons. The van der Waals surface area contributed by atoms with Gasteiger partial charge in [0.05, 0.1) is 23.2 Å². The lowest BCUT2D eigenvalue weighted by Crippen LogP contribution is -2.46. The highest BCUT2D eigenvalue weighted by Crippen LogP contribution is 2.45. The van der Waals surface area contributed by atoms with Crippen LogP contribution in [0.4, 0.5) is 18.9 Å². The van der Waals surface area contributed by atoms with Gasteiger partial charge in [0.25, 0.3) is 11.3 Å². The van der Waals surface area contributed by atoms with Crippen LogP contribution in [0.5, 0.6) is 0 Å². The topological polar surface area (TPSA) is 124 Å². The van der Waals surface area contributed by atoms with Crippen LogP contribution in [0.1, 0.15) is 77.0 Å². The van der Waals surface area contributed by atoms with Crippen molar-refractivity contribution in [3.63, 3.8) is 0 Å². The van der Waals surface area contributed by atoms with Gasteiger partial charge >= 0.3 is 12.1 Å². The van der Waals surface area contributed by atoms with E-state index >= 15 is 0 Å². The minimum atomic E-state index is -5.03. The number of benzene rings is 2. The Morgan fingerprint density at radius 2 is 1.93 bits per heavy atom. The molecule has 2 heterocycles. The van der Waals surface area contributed by atoms with Crippen LogP contribution in [0.3, 0.4) is 0 Å². The lowest BCUT2D eigenvalue weighted by Gasteiger charge is -2.32. The van der Waals surface area contributed by atoms with E-state index in [2.05, 4.69) is 16.4 Å². The first-order valence-electron chi connectivity index (χ1n) is 13.0. The summed E-state index contributed by atoms with van der Waals surface area (Å²) in [6.07, 6.45) is -0.215. The first-order chi connectivity index (χ1) is 19.6. The summed E-state index contributed by atoms with van der Waals surface area (Å²) in [7, 11) is 0. The number of fused-ring (bicyclic) bond motifs is 1. The largest absolute Gasteiger partial charge is 0.439 e. The van der Waals surface area contributed by atoms with Crippen LogP contribution in [0.2, 0.25) is 0 Å². The van der Waals surface area contributed by atoms with Crippen molar-refractivity contribution in [2.24, 2.45) is 0 Å². The van der Waals surface area contributed by atoms with Crippen LogP contribution in [-0.4, -0.2) is 32.1 Å². The van der Waals surface area contributed by atoms with Crippen molar-refractivity contribution in [2.75, 3.05) is 0 Å². The number of halogens is 3. The quantitative estimate of drug-likeness (QED) is 0.124. The molecule has 0 spiro atoms. The van der Waals surface area contributed by atoms with Crippen LogP contribution in [0, 0.1) is 21.4 Å². The molecule has 4 aromatic rings. The van der Waals surface area contributed by atoms with Crippen molar-refractivity contribution in [3.8, 4) is 6.07 Å². The third kappa shape index (κ3) is 5.27. The van der Waals surface area contributed by atoms with Crippen molar-refractivity contribution in [3.05, 3.63) is 86.0 Å². The molecule has 1 atom stereocenters. The molecule has 0 N–H and O–H groups in total. The SMILES string of the molecule is CCC(OC(=O)c1ccc([N+](=O)[O-])cc1)(c1cn(Cc2ccc3c(C4CCCC4)c(C#N)sc3c2)nn1)C(F)(F)F. The van der Waals surface area contributed by atoms with Crippen molar-refractivity contribution >= 4 is 33.1 Å². The summed E-state index contributed by atoms with van der Waals surface area (Å²) in [6, 6.07) is 12.1. The molecule has 13 heteroatoms. The molecule has 0 bridgehead atoms. The van der Waals surface area contributed by atoms with E-state index in [1.54, 1.807) is 0 Å². The van der Waals surface area contributed by atoms with Gasteiger partial charge in [-0.1, -0.05) is 37.1 Å². The number of nitro groups is 1. The first kappa shape index (κ1) is 28.2. The van der Waals surface area contributed by atoms with Gasteiger partial charge in [0.15, 0.2) is 0 Å². The molecule has 1 fully saturated rings. The van der Waals surface area contributed by atoms with Gasteiger partial charge < -0.3 is 4.74 Å². The third-order valence-electron chi connectivity index (χ3n) is 7.49. The first-order valence-corrected chi connectivity index (χ1v) is 13.8. The minimum absolute atomic E-state index is 0.107. The number of nitriles is 1. The van der Waals surface area contributed by atoms with E-state index in [0.717, 1.165) is 77.4 Å². The Hall–Kier alpha value is -4.31. The third-order valence-corrected chi connectivity index (χ3v) is 8.56. The Morgan fingerprint density at radius 1 is 1.22 bits per heavy atom. The van der Waals surface area contributed by atoms with Gasteiger partial charge in [0, 0.05) is 16.8 Å². The van der Waals surface area contributed by atoms with E-state index < -0.39 is 34.8 Å². The maximum absolute atomic E-state index is 14.5. The molecule has 9 nitrogen and oxygen atoms in total. The van der Waals surface area contributed by atoms with Gasteiger partial charge in [-0.3, -0.25) is 10.1 Å². The second-order valence-electron chi connectivity index (χ2n) is 9.94. The van der Waals surface area contributed by atoms with E-state index in [1.165, 1.54) is 22.9 Å². The number of hydrogen-bond donors (Lipinski definition) is 0. The fraction of sp³-hybridized carbons (Fsp3) is 0.357. The van der Waals surface area contributed by atoms with E-state index in [0.29, 0.717) is 10.8 Å². The van der Waals surface area contributed by atoms with E-state index in [9.17, 15) is 33.3 Å². The second-order valence-corrected chi connectivity index (χ2v) is 11.0. The Labute approximate surface area is 236 Å². The number of esters is 1. The minimum Gasteiger partial charge on any atom is -0.439 e. The maximum atomic E-state index is 14.5. The fourth-order valence-corrected chi connectivity index (χ4v) is 6.51. The molecule has 1 aliphatic carbocycles. The molecule has 0 amide bonds. The zero-order valence-corrected chi connectivity index (χ0v) is 22.7. The van der Waals surface area contributed by atoms with Gasteiger partial charge in [-0.25, -0.2) is 9.48 Å². The number of thiophene rings is 1. The summed E-state index contributed by atoms with van der Waals surface area (Å²) < 4.78 is 50.6. The predicted molar refractivity (Wildman–Crippen MR) is 143 cm³/mol. The van der Waals surface area contributed by atoms with Gasteiger partial charge in [-0.2, -0.15) is 18.4 Å².